The lowest BCUT2D eigenvalue weighted by Crippen LogP contribution is -2.17. The van der Waals surface area contributed by atoms with Gasteiger partial charge < -0.3 is 5.73 Å². The van der Waals surface area contributed by atoms with Crippen molar-refractivity contribution < 1.29 is 8.42 Å². The Hall–Kier alpha value is -2.02. The highest BCUT2D eigenvalue weighted by Crippen LogP contribution is 2.27. The number of sulfonamides is 1. The molecule has 4 N–H and O–H groups in total. The first-order valence-electron chi connectivity index (χ1n) is 5.71. The van der Waals surface area contributed by atoms with E-state index in [4.69, 9.17) is 5.73 Å². The molecule has 6 nitrogen and oxygen atoms in total. The topological polar surface area (TPSA) is 101 Å². The number of nitrogens with two attached hydrogens (primary N) is 1. The zero-order chi connectivity index (χ0) is 14.2. The lowest BCUT2D eigenvalue weighted by Gasteiger charge is -2.13. The largest absolute Gasteiger partial charge is 0.398 e. The number of anilines is 2. The number of hydrogen-bond donors (Lipinski definition) is 3. The Labute approximate surface area is 112 Å². The van der Waals surface area contributed by atoms with Crippen LogP contribution in [-0.4, -0.2) is 18.6 Å². The van der Waals surface area contributed by atoms with Crippen LogP contribution in [-0.2, 0) is 10.0 Å². The average molecular weight is 280 g/mol. The van der Waals surface area contributed by atoms with Crippen LogP contribution in [0.4, 0.5) is 11.5 Å². The van der Waals surface area contributed by atoms with Crippen molar-refractivity contribution in [3.63, 3.8) is 0 Å². The van der Waals surface area contributed by atoms with Crippen molar-refractivity contribution in [2.75, 3.05) is 10.5 Å². The summed E-state index contributed by atoms with van der Waals surface area (Å²) >= 11 is 0. The van der Waals surface area contributed by atoms with Crippen LogP contribution in [0.5, 0.6) is 0 Å². The van der Waals surface area contributed by atoms with Crippen LogP contribution in [0.15, 0.2) is 23.2 Å². The minimum atomic E-state index is -3.74. The van der Waals surface area contributed by atoms with Gasteiger partial charge in [-0.1, -0.05) is 6.07 Å². The van der Waals surface area contributed by atoms with Gasteiger partial charge in [-0.25, -0.2) is 8.42 Å². The molecule has 7 heteroatoms. The summed E-state index contributed by atoms with van der Waals surface area (Å²) in [6.07, 6.45) is 1.55. The molecule has 2 rings (SSSR count). The number of benzene rings is 1. The van der Waals surface area contributed by atoms with Crippen LogP contribution in [0.25, 0.3) is 0 Å². The van der Waals surface area contributed by atoms with Gasteiger partial charge in [-0.05, 0) is 38.0 Å². The van der Waals surface area contributed by atoms with Crippen molar-refractivity contribution in [1.29, 1.82) is 0 Å². The first-order chi connectivity index (χ1) is 8.83. The van der Waals surface area contributed by atoms with E-state index in [9.17, 15) is 8.42 Å². The third-order valence-corrected chi connectivity index (χ3v) is 4.59. The van der Waals surface area contributed by atoms with Gasteiger partial charge in [0, 0.05) is 5.56 Å². The molecule has 1 aromatic heterocycles. The zero-order valence-electron chi connectivity index (χ0n) is 11.0. The van der Waals surface area contributed by atoms with E-state index in [1.165, 1.54) is 0 Å². The molecule has 0 aliphatic carbocycles. The van der Waals surface area contributed by atoms with Gasteiger partial charge in [0.25, 0.3) is 10.0 Å². The van der Waals surface area contributed by atoms with Gasteiger partial charge >= 0.3 is 0 Å². The quantitative estimate of drug-likeness (QED) is 0.745. The fraction of sp³-hybridized carbons (Fsp3) is 0.250. The normalized spacial score (nSPS) is 11.5. The van der Waals surface area contributed by atoms with E-state index in [1.54, 1.807) is 32.2 Å². The monoisotopic (exact) mass is 280 g/mol. The second-order valence-corrected chi connectivity index (χ2v) is 6.08. The van der Waals surface area contributed by atoms with Crippen LogP contribution in [0.1, 0.15) is 16.7 Å². The Balaban J connectivity index is 2.52. The molecule has 0 saturated carbocycles. The molecule has 0 saturated heterocycles. The van der Waals surface area contributed by atoms with Gasteiger partial charge in [0.05, 0.1) is 11.9 Å². The maximum atomic E-state index is 12.4. The van der Waals surface area contributed by atoms with Gasteiger partial charge in [0.2, 0.25) is 0 Å². The summed E-state index contributed by atoms with van der Waals surface area (Å²) in [5.41, 5.74) is 8.26. The highest BCUT2D eigenvalue weighted by atomic mass is 32.2. The summed E-state index contributed by atoms with van der Waals surface area (Å²) in [5, 5.41) is 6.38. The number of aryl methyl sites for hydroxylation is 2. The third kappa shape index (κ3) is 2.41. The predicted molar refractivity (Wildman–Crippen MR) is 74.5 cm³/mol. The lowest BCUT2D eigenvalue weighted by molar-refractivity contribution is 0.600. The molecule has 0 aliphatic heterocycles. The number of aromatic amines is 1. The Bertz CT molecular complexity index is 719. The highest BCUT2D eigenvalue weighted by molar-refractivity contribution is 7.93. The predicted octanol–water partition coefficient (Wildman–Crippen LogP) is 1.72. The maximum Gasteiger partial charge on any atom is 0.265 e. The Morgan fingerprint density at radius 1 is 1.21 bits per heavy atom. The fourth-order valence-corrected chi connectivity index (χ4v) is 3.32. The number of nitrogens with one attached hydrogen (secondary N) is 2. The van der Waals surface area contributed by atoms with E-state index in [1.807, 2.05) is 6.92 Å². The summed E-state index contributed by atoms with van der Waals surface area (Å²) in [7, 11) is -3.74. The van der Waals surface area contributed by atoms with Crippen molar-refractivity contribution in [2.24, 2.45) is 0 Å². The first kappa shape index (κ1) is 13.4. The van der Waals surface area contributed by atoms with Crippen LogP contribution < -0.4 is 10.5 Å². The molecule has 102 valence electrons. The maximum absolute atomic E-state index is 12.4. The van der Waals surface area contributed by atoms with Crippen molar-refractivity contribution in [3.8, 4) is 0 Å². The molecule has 0 aliphatic rings. The average Bonchev–Trinajstić information content (AvgIpc) is 2.69. The standard InChI is InChI=1S/C12H16N4O2S/c1-7-4-5-10(13)11(9(7)3)19(17,18)16-12-8(2)6-14-15-12/h4-6H,13H2,1-3H3,(H2,14,15,16). The highest BCUT2D eigenvalue weighted by Gasteiger charge is 2.22. The van der Waals surface area contributed by atoms with Gasteiger partial charge in [0.15, 0.2) is 0 Å². The Morgan fingerprint density at radius 2 is 1.89 bits per heavy atom. The number of nitrogen functional groups attached to an aromatic ring is 1. The van der Waals surface area contributed by atoms with E-state index in [2.05, 4.69) is 14.9 Å². The second kappa shape index (κ2) is 4.58. The van der Waals surface area contributed by atoms with E-state index in [0.29, 0.717) is 16.9 Å². The molecule has 19 heavy (non-hydrogen) atoms. The molecule has 1 aromatic carbocycles. The minimum Gasteiger partial charge on any atom is -0.398 e. The molecule has 0 unspecified atom stereocenters. The van der Waals surface area contributed by atoms with Crippen molar-refractivity contribution in [3.05, 3.63) is 35.0 Å². The van der Waals surface area contributed by atoms with Gasteiger partial charge in [-0.2, -0.15) is 5.10 Å². The number of aromatic nitrogens is 2. The first-order valence-corrected chi connectivity index (χ1v) is 7.19. The smallest absolute Gasteiger partial charge is 0.265 e. The summed E-state index contributed by atoms with van der Waals surface area (Å²) in [5.74, 6) is 0.348. The van der Waals surface area contributed by atoms with Crippen LogP contribution >= 0.6 is 0 Å². The summed E-state index contributed by atoms with van der Waals surface area (Å²) in [6.45, 7) is 5.34. The Morgan fingerprint density at radius 3 is 2.47 bits per heavy atom. The zero-order valence-corrected chi connectivity index (χ0v) is 11.8. The van der Waals surface area contributed by atoms with Crippen molar-refractivity contribution >= 4 is 21.5 Å². The van der Waals surface area contributed by atoms with Gasteiger partial charge in [0.1, 0.15) is 10.7 Å². The molecule has 0 amide bonds. The van der Waals surface area contributed by atoms with Crippen LogP contribution in [0, 0.1) is 20.8 Å². The van der Waals surface area contributed by atoms with Gasteiger partial charge in [-0.3, -0.25) is 9.82 Å². The van der Waals surface area contributed by atoms with E-state index in [-0.39, 0.29) is 10.6 Å². The van der Waals surface area contributed by atoms with Gasteiger partial charge in [-0.15, -0.1) is 0 Å². The molecular formula is C12H16N4O2S. The number of hydrogen-bond acceptors (Lipinski definition) is 4. The van der Waals surface area contributed by atoms with Crippen molar-refractivity contribution in [2.45, 2.75) is 25.7 Å². The molecule has 0 fully saturated rings. The summed E-state index contributed by atoms with van der Waals surface area (Å²) in [6, 6.07) is 3.39. The minimum absolute atomic E-state index is 0.113. The third-order valence-electron chi connectivity index (χ3n) is 3.04. The number of H-pyrrole nitrogens is 1. The second-order valence-electron chi connectivity index (χ2n) is 4.46. The Kier molecular flexibility index (Phi) is 3.23. The molecule has 0 atom stereocenters. The molecule has 1 heterocycles. The SMILES string of the molecule is Cc1cn[nH]c1NS(=O)(=O)c1c(N)ccc(C)c1C. The molecule has 0 radical (unpaired) electrons. The van der Waals surface area contributed by atoms with E-state index in [0.717, 1.165) is 5.56 Å². The fourth-order valence-electron chi connectivity index (χ4n) is 1.80. The number of nitrogens with zero attached hydrogens (tertiary/aromatic N) is 1. The molecule has 0 bridgehead atoms. The van der Waals surface area contributed by atoms with Crippen molar-refractivity contribution in [1.82, 2.24) is 10.2 Å². The van der Waals surface area contributed by atoms with E-state index < -0.39 is 10.0 Å². The van der Waals surface area contributed by atoms with E-state index >= 15 is 0 Å². The molecule has 2 aromatic rings. The lowest BCUT2D eigenvalue weighted by atomic mass is 10.1. The molecule has 0 spiro atoms. The van der Waals surface area contributed by atoms with Crippen LogP contribution in [0.3, 0.4) is 0 Å². The van der Waals surface area contributed by atoms with Crippen LogP contribution in [0.2, 0.25) is 0 Å². The summed E-state index contributed by atoms with van der Waals surface area (Å²) < 4.78 is 27.3. The number of rotatable bonds is 3. The molecular weight excluding hydrogens is 264 g/mol. The summed E-state index contributed by atoms with van der Waals surface area (Å²) in [4.78, 5) is 0.113.